The van der Waals surface area contributed by atoms with E-state index in [4.69, 9.17) is 4.74 Å². The molecule has 0 aliphatic heterocycles. The number of amides is 1. The second-order valence-corrected chi connectivity index (χ2v) is 7.25. The fraction of sp³-hybridized carbons (Fsp3) is 0.409. The highest BCUT2D eigenvalue weighted by molar-refractivity contribution is 5.99. The summed E-state index contributed by atoms with van der Waals surface area (Å²) < 4.78 is 7.15. The number of ether oxygens (including phenoxy) is 1. The lowest BCUT2D eigenvalue weighted by Crippen LogP contribution is -2.31. The summed E-state index contributed by atoms with van der Waals surface area (Å²) in [4.78, 5) is 36.2. The fourth-order valence-electron chi connectivity index (χ4n) is 2.93. The first-order valence-corrected chi connectivity index (χ1v) is 9.48. The van der Waals surface area contributed by atoms with Gasteiger partial charge in [-0.3, -0.25) is 14.4 Å². The first kappa shape index (κ1) is 21.4. The van der Waals surface area contributed by atoms with Gasteiger partial charge in [0, 0.05) is 29.1 Å². The van der Waals surface area contributed by atoms with Crippen LogP contribution < -0.4 is 5.32 Å². The number of ketones is 1. The van der Waals surface area contributed by atoms with Crippen molar-refractivity contribution in [2.45, 2.75) is 40.7 Å². The molecule has 28 heavy (non-hydrogen) atoms. The molecule has 2 rings (SSSR count). The van der Waals surface area contributed by atoms with Gasteiger partial charge in [-0.05, 0) is 44.4 Å². The standard InChI is InChI=1S/C22H28N2O4/c1-15(2)10-11-24-16(3)12-19(17(24)4)20(25)14-28-21(26)13-23-22(27)18-8-6-5-7-9-18/h5-9,12,15H,10-11,13-14H2,1-4H3,(H,23,27). The molecule has 0 saturated carbocycles. The van der Waals surface area contributed by atoms with E-state index < -0.39 is 5.97 Å². The molecule has 1 heterocycles. The van der Waals surface area contributed by atoms with Crippen molar-refractivity contribution in [3.8, 4) is 0 Å². The molecule has 0 aliphatic rings. The van der Waals surface area contributed by atoms with E-state index in [9.17, 15) is 14.4 Å². The molecule has 1 N–H and O–H groups in total. The number of hydrogen-bond acceptors (Lipinski definition) is 4. The molecule has 1 aromatic heterocycles. The Hall–Kier alpha value is -2.89. The molecule has 0 radical (unpaired) electrons. The lowest BCUT2D eigenvalue weighted by molar-refractivity contribution is -0.141. The number of aryl methyl sites for hydroxylation is 1. The van der Waals surface area contributed by atoms with Gasteiger partial charge in [0.25, 0.3) is 5.91 Å². The minimum Gasteiger partial charge on any atom is -0.456 e. The van der Waals surface area contributed by atoms with Gasteiger partial charge >= 0.3 is 5.97 Å². The van der Waals surface area contributed by atoms with Crippen LogP contribution in [-0.2, 0) is 16.1 Å². The number of aromatic nitrogens is 1. The number of esters is 1. The summed E-state index contributed by atoms with van der Waals surface area (Å²) in [6.07, 6.45) is 1.03. The summed E-state index contributed by atoms with van der Waals surface area (Å²) in [5.74, 6) is -0.678. The largest absolute Gasteiger partial charge is 0.456 e. The highest BCUT2D eigenvalue weighted by Crippen LogP contribution is 2.17. The molecule has 1 aromatic carbocycles. The van der Waals surface area contributed by atoms with Gasteiger partial charge in [0.15, 0.2) is 6.61 Å². The van der Waals surface area contributed by atoms with Crippen LogP contribution >= 0.6 is 0 Å². The highest BCUT2D eigenvalue weighted by atomic mass is 16.5. The molecule has 6 nitrogen and oxygen atoms in total. The Morgan fingerprint density at radius 3 is 2.43 bits per heavy atom. The van der Waals surface area contributed by atoms with E-state index in [2.05, 4.69) is 23.7 Å². The summed E-state index contributed by atoms with van der Waals surface area (Å²) in [7, 11) is 0. The molecule has 0 fully saturated rings. The molecular formula is C22H28N2O4. The molecule has 2 aromatic rings. The molecule has 0 bridgehead atoms. The van der Waals surface area contributed by atoms with Crippen molar-refractivity contribution in [3.05, 3.63) is 58.9 Å². The van der Waals surface area contributed by atoms with E-state index in [1.165, 1.54) is 0 Å². The van der Waals surface area contributed by atoms with Crippen LogP contribution in [0.25, 0.3) is 0 Å². The Labute approximate surface area is 165 Å². The van der Waals surface area contributed by atoms with Crippen LogP contribution in [0.1, 0.15) is 52.4 Å². The number of rotatable bonds is 9. The van der Waals surface area contributed by atoms with Crippen molar-refractivity contribution in [2.24, 2.45) is 5.92 Å². The summed E-state index contributed by atoms with van der Waals surface area (Å²) in [6.45, 7) is 8.43. The van der Waals surface area contributed by atoms with Gasteiger partial charge in [-0.25, -0.2) is 0 Å². The van der Waals surface area contributed by atoms with E-state index in [-0.39, 0.29) is 24.8 Å². The lowest BCUT2D eigenvalue weighted by Gasteiger charge is -2.11. The van der Waals surface area contributed by atoms with E-state index in [0.717, 1.165) is 24.4 Å². The topological polar surface area (TPSA) is 77.4 Å². The predicted octanol–water partition coefficient (Wildman–Crippen LogP) is 3.31. The van der Waals surface area contributed by atoms with Gasteiger partial charge in [0.1, 0.15) is 6.54 Å². The van der Waals surface area contributed by atoms with Crippen molar-refractivity contribution in [1.29, 1.82) is 0 Å². The Morgan fingerprint density at radius 2 is 1.79 bits per heavy atom. The number of carbonyl (C=O) groups excluding carboxylic acids is 3. The average Bonchev–Trinajstić information content (AvgIpc) is 2.96. The number of benzene rings is 1. The number of carbonyl (C=O) groups is 3. The Bertz CT molecular complexity index is 838. The SMILES string of the molecule is Cc1cc(C(=O)COC(=O)CNC(=O)c2ccccc2)c(C)n1CCC(C)C. The zero-order valence-electron chi connectivity index (χ0n) is 17.0. The zero-order chi connectivity index (χ0) is 20.7. The second-order valence-electron chi connectivity index (χ2n) is 7.25. The van der Waals surface area contributed by atoms with Crippen molar-refractivity contribution >= 4 is 17.7 Å². The van der Waals surface area contributed by atoms with Crippen LogP contribution in [0, 0.1) is 19.8 Å². The molecule has 0 atom stereocenters. The maximum absolute atomic E-state index is 12.5. The maximum Gasteiger partial charge on any atom is 0.325 e. The molecule has 0 aliphatic carbocycles. The Morgan fingerprint density at radius 1 is 1.11 bits per heavy atom. The summed E-state index contributed by atoms with van der Waals surface area (Å²) >= 11 is 0. The third kappa shape index (κ3) is 5.81. The number of Topliss-reactive ketones (excluding diaryl/α,β-unsaturated/α-hetero) is 1. The third-order valence-corrected chi connectivity index (χ3v) is 4.60. The molecule has 1 amide bonds. The normalized spacial score (nSPS) is 10.8. The monoisotopic (exact) mass is 384 g/mol. The van der Waals surface area contributed by atoms with E-state index >= 15 is 0 Å². The minimum absolute atomic E-state index is 0.244. The van der Waals surface area contributed by atoms with Gasteiger partial charge in [0.05, 0.1) is 0 Å². The molecular weight excluding hydrogens is 356 g/mol. The van der Waals surface area contributed by atoms with Gasteiger partial charge in [0.2, 0.25) is 5.78 Å². The van der Waals surface area contributed by atoms with E-state index in [0.29, 0.717) is 17.0 Å². The van der Waals surface area contributed by atoms with Gasteiger partial charge in [-0.1, -0.05) is 32.0 Å². The lowest BCUT2D eigenvalue weighted by atomic mass is 10.1. The minimum atomic E-state index is -0.647. The summed E-state index contributed by atoms with van der Waals surface area (Å²) in [5.41, 5.74) is 2.93. The molecule has 0 unspecified atom stereocenters. The van der Waals surface area contributed by atoms with Crippen molar-refractivity contribution < 1.29 is 19.1 Å². The summed E-state index contributed by atoms with van der Waals surface area (Å²) in [5, 5.41) is 2.49. The van der Waals surface area contributed by atoms with Crippen LogP contribution in [0.4, 0.5) is 0 Å². The number of nitrogens with zero attached hydrogens (tertiary/aromatic N) is 1. The van der Waals surface area contributed by atoms with Gasteiger partial charge in [-0.15, -0.1) is 0 Å². The van der Waals surface area contributed by atoms with Crippen LogP contribution in [0.5, 0.6) is 0 Å². The van der Waals surface area contributed by atoms with E-state index in [1.807, 2.05) is 19.9 Å². The smallest absolute Gasteiger partial charge is 0.325 e. The third-order valence-electron chi connectivity index (χ3n) is 4.60. The van der Waals surface area contributed by atoms with Crippen molar-refractivity contribution in [1.82, 2.24) is 9.88 Å². The predicted molar refractivity (Wildman–Crippen MR) is 107 cm³/mol. The van der Waals surface area contributed by atoms with Crippen molar-refractivity contribution in [3.63, 3.8) is 0 Å². The van der Waals surface area contributed by atoms with Crippen molar-refractivity contribution in [2.75, 3.05) is 13.2 Å². The number of hydrogen-bond donors (Lipinski definition) is 1. The van der Waals surface area contributed by atoms with Crippen LogP contribution in [0.2, 0.25) is 0 Å². The van der Waals surface area contributed by atoms with Gasteiger partial charge < -0.3 is 14.6 Å². The molecule has 150 valence electrons. The molecule has 0 saturated heterocycles. The quantitative estimate of drug-likeness (QED) is 0.531. The molecule has 0 spiro atoms. The fourth-order valence-corrected chi connectivity index (χ4v) is 2.93. The number of nitrogens with one attached hydrogen (secondary N) is 1. The highest BCUT2D eigenvalue weighted by Gasteiger charge is 2.18. The van der Waals surface area contributed by atoms with E-state index in [1.54, 1.807) is 30.3 Å². The van der Waals surface area contributed by atoms with Crippen LogP contribution in [0.3, 0.4) is 0 Å². The zero-order valence-corrected chi connectivity index (χ0v) is 17.0. The first-order valence-electron chi connectivity index (χ1n) is 9.48. The Kier molecular flexibility index (Phi) is 7.55. The second kappa shape index (κ2) is 9.88. The van der Waals surface area contributed by atoms with Crippen LogP contribution in [0.15, 0.2) is 36.4 Å². The van der Waals surface area contributed by atoms with Crippen LogP contribution in [-0.4, -0.2) is 35.4 Å². The summed E-state index contributed by atoms with van der Waals surface area (Å²) in [6, 6.07) is 10.4. The Balaban J connectivity index is 1.85. The first-order chi connectivity index (χ1) is 13.3. The van der Waals surface area contributed by atoms with Gasteiger partial charge in [-0.2, -0.15) is 0 Å². The molecule has 6 heteroatoms. The maximum atomic E-state index is 12.5. The average molecular weight is 384 g/mol.